The minimum Gasteiger partial charge on any atom is -0.467 e. The van der Waals surface area contributed by atoms with Gasteiger partial charge in [0.05, 0.1) is 34.9 Å². The van der Waals surface area contributed by atoms with Crippen LogP contribution in [0.4, 0.5) is 5.69 Å². The molecule has 28 heavy (non-hydrogen) atoms. The number of hydrogen-bond acceptors (Lipinski definition) is 7. The van der Waals surface area contributed by atoms with Gasteiger partial charge in [-0.3, -0.25) is 19.7 Å². The number of non-ortho nitro benzene ring substituents is 1. The molecule has 11 heteroatoms. The summed E-state index contributed by atoms with van der Waals surface area (Å²) in [4.78, 5) is 46.9. The number of nitrogens with one attached hydrogen (secondary N) is 1. The van der Waals surface area contributed by atoms with Crippen LogP contribution in [0, 0.1) is 10.1 Å². The van der Waals surface area contributed by atoms with Crippen molar-refractivity contribution in [1.82, 2.24) is 10.2 Å². The van der Waals surface area contributed by atoms with Crippen molar-refractivity contribution >= 4 is 35.1 Å². The molecule has 1 aromatic carbocycles. The summed E-state index contributed by atoms with van der Waals surface area (Å²) < 4.78 is 9.93. The fraction of sp³-hybridized carbons (Fsp3) is 0.235. The highest BCUT2D eigenvalue weighted by atomic mass is 35.5. The average Bonchev–Trinajstić information content (AvgIpc) is 3.17. The molecular weight excluding hydrogens is 394 g/mol. The van der Waals surface area contributed by atoms with Gasteiger partial charge in [0.2, 0.25) is 5.91 Å². The summed E-state index contributed by atoms with van der Waals surface area (Å²) in [5.41, 5.74) is -0.392. The van der Waals surface area contributed by atoms with Crippen molar-refractivity contribution < 1.29 is 28.5 Å². The van der Waals surface area contributed by atoms with Gasteiger partial charge in [-0.15, -0.1) is 0 Å². The molecule has 2 rings (SSSR count). The molecule has 0 atom stereocenters. The number of nitro benzene ring substituents is 1. The molecule has 2 aromatic rings. The Morgan fingerprint density at radius 2 is 2.07 bits per heavy atom. The number of carbonyl (C=O) groups excluding carboxylic acids is 3. The van der Waals surface area contributed by atoms with Crippen molar-refractivity contribution in [3.8, 4) is 0 Å². The summed E-state index contributed by atoms with van der Waals surface area (Å²) in [7, 11) is 1.38. The minimum absolute atomic E-state index is 0.112. The molecule has 0 fully saturated rings. The molecule has 0 aliphatic carbocycles. The molecule has 0 aliphatic rings. The third-order valence-electron chi connectivity index (χ3n) is 3.56. The Balaban J connectivity index is 1.81. The molecule has 148 valence electrons. The number of amides is 2. The van der Waals surface area contributed by atoms with E-state index in [2.05, 4.69) is 5.32 Å². The molecule has 1 N–H and O–H groups in total. The van der Waals surface area contributed by atoms with Gasteiger partial charge in [-0.25, -0.2) is 4.79 Å². The lowest BCUT2D eigenvalue weighted by atomic mass is 10.2. The van der Waals surface area contributed by atoms with Crippen molar-refractivity contribution in [1.29, 1.82) is 0 Å². The van der Waals surface area contributed by atoms with Crippen LogP contribution in [0.25, 0.3) is 0 Å². The molecule has 0 aliphatic heterocycles. The third kappa shape index (κ3) is 5.81. The van der Waals surface area contributed by atoms with E-state index >= 15 is 0 Å². The molecule has 1 heterocycles. The maximum atomic E-state index is 12.0. The van der Waals surface area contributed by atoms with Gasteiger partial charge < -0.3 is 19.4 Å². The summed E-state index contributed by atoms with van der Waals surface area (Å²) in [5, 5.41) is 13.1. The van der Waals surface area contributed by atoms with E-state index in [1.807, 2.05) is 0 Å². The van der Waals surface area contributed by atoms with Crippen molar-refractivity contribution in [2.24, 2.45) is 0 Å². The fourth-order valence-electron chi connectivity index (χ4n) is 2.06. The Morgan fingerprint density at radius 3 is 2.68 bits per heavy atom. The number of nitrogens with zero attached hydrogens (tertiary/aromatic N) is 2. The largest absolute Gasteiger partial charge is 0.467 e. The van der Waals surface area contributed by atoms with Gasteiger partial charge in [0.25, 0.3) is 11.6 Å². The van der Waals surface area contributed by atoms with Gasteiger partial charge in [0.1, 0.15) is 5.76 Å². The smallest absolute Gasteiger partial charge is 0.340 e. The van der Waals surface area contributed by atoms with Gasteiger partial charge in [0.15, 0.2) is 6.61 Å². The number of esters is 1. The standard InChI is InChI=1S/C17H16ClN3O7/c1-20(9-15(22)19-8-12-3-2-6-27-12)16(23)10-28-17(24)13-5-4-11(21(25)26)7-14(13)18/h2-7H,8-10H2,1H3,(H,19,22). The van der Waals surface area contributed by atoms with Gasteiger partial charge in [-0.05, 0) is 18.2 Å². The van der Waals surface area contributed by atoms with Gasteiger partial charge >= 0.3 is 5.97 Å². The Bertz CT molecular complexity index is 883. The number of likely N-dealkylation sites (N-methyl/N-ethyl adjacent to an activating group) is 1. The van der Waals surface area contributed by atoms with Crippen molar-refractivity contribution in [3.63, 3.8) is 0 Å². The van der Waals surface area contributed by atoms with E-state index in [1.54, 1.807) is 12.1 Å². The first-order chi connectivity index (χ1) is 13.3. The lowest BCUT2D eigenvalue weighted by Gasteiger charge is -2.16. The van der Waals surface area contributed by atoms with Gasteiger partial charge in [-0.2, -0.15) is 0 Å². The summed E-state index contributed by atoms with van der Waals surface area (Å²) in [5.74, 6) is -1.38. The number of nitro groups is 1. The van der Waals surface area contributed by atoms with Crippen molar-refractivity contribution in [2.75, 3.05) is 20.2 Å². The predicted molar refractivity (Wildman–Crippen MR) is 96.6 cm³/mol. The van der Waals surface area contributed by atoms with Crippen LogP contribution in [0.5, 0.6) is 0 Å². The molecule has 1 aromatic heterocycles. The number of hydrogen-bond donors (Lipinski definition) is 1. The lowest BCUT2D eigenvalue weighted by Crippen LogP contribution is -2.39. The first-order valence-electron chi connectivity index (χ1n) is 7.92. The SMILES string of the molecule is CN(CC(=O)NCc1ccco1)C(=O)COC(=O)c1ccc([N+](=O)[O-])cc1Cl. The zero-order valence-electron chi connectivity index (χ0n) is 14.7. The van der Waals surface area contributed by atoms with Gasteiger partial charge in [0, 0.05) is 19.2 Å². The highest BCUT2D eigenvalue weighted by Crippen LogP contribution is 2.23. The molecule has 0 spiro atoms. The van der Waals surface area contributed by atoms with Crippen molar-refractivity contribution in [2.45, 2.75) is 6.54 Å². The first-order valence-corrected chi connectivity index (χ1v) is 8.30. The van der Waals surface area contributed by atoms with Crippen LogP contribution in [0.3, 0.4) is 0 Å². The van der Waals surface area contributed by atoms with Crippen LogP contribution in [0.2, 0.25) is 5.02 Å². The quantitative estimate of drug-likeness (QED) is 0.399. The minimum atomic E-state index is -0.913. The number of benzene rings is 1. The normalized spacial score (nSPS) is 10.2. The zero-order chi connectivity index (χ0) is 20.7. The summed E-state index contributed by atoms with van der Waals surface area (Å²) in [6.45, 7) is -0.676. The van der Waals surface area contributed by atoms with Crippen LogP contribution in [0.15, 0.2) is 41.0 Å². The number of ether oxygens (including phenoxy) is 1. The molecule has 10 nitrogen and oxygen atoms in total. The Hall–Kier alpha value is -3.40. The lowest BCUT2D eigenvalue weighted by molar-refractivity contribution is -0.384. The highest BCUT2D eigenvalue weighted by molar-refractivity contribution is 6.33. The van der Waals surface area contributed by atoms with Crippen LogP contribution in [-0.4, -0.2) is 47.8 Å². The topological polar surface area (TPSA) is 132 Å². The van der Waals surface area contributed by atoms with Gasteiger partial charge in [-0.1, -0.05) is 11.6 Å². The molecule has 2 amide bonds. The molecule has 0 saturated heterocycles. The van der Waals surface area contributed by atoms with Crippen LogP contribution < -0.4 is 5.32 Å². The summed E-state index contributed by atoms with van der Waals surface area (Å²) in [6, 6.07) is 6.62. The second kappa shape index (κ2) is 9.51. The predicted octanol–water partition coefficient (Wildman–Crippen LogP) is 1.77. The molecule has 0 saturated carbocycles. The van der Waals surface area contributed by atoms with E-state index in [9.17, 15) is 24.5 Å². The second-order valence-corrected chi connectivity index (χ2v) is 6.01. The van der Waals surface area contributed by atoms with E-state index < -0.39 is 29.3 Å². The first kappa shape index (κ1) is 20.9. The monoisotopic (exact) mass is 409 g/mol. The molecule has 0 unspecified atom stereocenters. The number of rotatable bonds is 8. The van der Waals surface area contributed by atoms with Crippen LogP contribution >= 0.6 is 11.6 Å². The van der Waals surface area contributed by atoms with Crippen molar-refractivity contribution in [3.05, 3.63) is 63.1 Å². The van der Waals surface area contributed by atoms with E-state index in [0.29, 0.717) is 5.76 Å². The van der Waals surface area contributed by atoms with E-state index in [1.165, 1.54) is 13.3 Å². The molecule has 0 bridgehead atoms. The Labute approximate surface area is 164 Å². The Kier molecular flexibility index (Phi) is 7.10. The second-order valence-electron chi connectivity index (χ2n) is 5.60. The third-order valence-corrected chi connectivity index (χ3v) is 3.87. The van der Waals surface area contributed by atoms with E-state index in [0.717, 1.165) is 23.1 Å². The molecule has 0 radical (unpaired) electrons. The number of halogens is 1. The fourth-order valence-corrected chi connectivity index (χ4v) is 2.31. The van der Waals surface area contributed by atoms with Crippen LogP contribution in [-0.2, 0) is 20.9 Å². The maximum absolute atomic E-state index is 12.0. The Morgan fingerprint density at radius 1 is 1.32 bits per heavy atom. The summed E-state index contributed by atoms with van der Waals surface area (Å²) in [6.07, 6.45) is 1.47. The molecular formula is C17H16ClN3O7. The zero-order valence-corrected chi connectivity index (χ0v) is 15.5. The van der Waals surface area contributed by atoms with Crippen LogP contribution in [0.1, 0.15) is 16.1 Å². The summed E-state index contributed by atoms with van der Waals surface area (Å²) >= 11 is 5.83. The number of carbonyl (C=O) groups is 3. The average molecular weight is 410 g/mol. The number of furan rings is 1. The van der Waals surface area contributed by atoms with E-state index in [4.69, 9.17) is 20.8 Å². The highest BCUT2D eigenvalue weighted by Gasteiger charge is 2.19. The maximum Gasteiger partial charge on any atom is 0.340 e. The van der Waals surface area contributed by atoms with E-state index in [-0.39, 0.29) is 29.4 Å².